The topological polar surface area (TPSA) is 21.6 Å². The highest BCUT2D eigenvalue weighted by molar-refractivity contribution is 6.34. The molecule has 100 valence electrons. The molecule has 0 atom stereocenters. The molecule has 6 heteroatoms. The van der Waals surface area contributed by atoms with Crippen LogP contribution in [0.25, 0.3) is 0 Å². The van der Waals surface area contributed by atoms with E-state index >= 15 is 0 Å². The van der Waals surface area contributed by atoms with Crippen molar-refractivity contribution in [2.24, 2.45) is 5.16 Å². The Bertz CT molecular complexity index is 455. The van der Waals surface area contributed by atoms with Crippen molar-refractivity contribution in [3.05, 3.63) is 33.8 Å². The molecule has 0 aliphatic heterocycles. The summed E-state index contributed by atoms with van der Waals surface area (Å²) in [5.74, 6) is 0.0227. The first kappa shape index (κ1) is 14.8. The Balaban J connectivity index is 3.46. The predicted molar refractivity (Wildman–Crippen MR) is 65.1 cm³/mol. The average molecular weight is 280 g/mol. The number of halogens is 4. The molecule has 0 aliphatic rings. The van der Waals surface area contributed by atoms with Crippen LogP contribution in [0.3, 0.4) is 0 Å². The van der Waals surface area contributed by atoms with Crippen molar-refractivity contribution >= 4 is 17.8 Å². The normalized spacial score (nSPS) is 12.4. The van der Waals surface area contributed by atoms with Crippen molar-refractivity contribution in [1.82, 2.24) is 0 Å². The van der Waals surface area contributed by atoms with Crippen LogP contribution in [0.5, 0.6) is 0 Å². The van der Waals surface area contributed by atoms with Gasteiger partial charge in [0, 0.05) is 5.56 Å². The number of oxime groups is 1. The lowest BCUT2D eigenvalue weighted by atomic mass is 9.97. The third-order valence-electron chi connectivity index (χ3n) is 2.42. The number of hydrogen-bond acceptors (Lipinski definition) is 2. The Labute approximate surface area is 108 Å². The Kier molecular flexibility index (Phi) is 4.62. The number of benzene rings is 1. The van der Waals surface area contributed by atoms with Crippen molar-refractivity contribution in [3.63, 3.8) is 0 Å². The first-order valence-corrected chi connectivity index (χ1v) is 5.63. The summed E-state index contributed by atoms with van der Waals surface area (Å²) in [6, 6.07) is 2.40. The summed E-state index contributed by atoms with van der Waals surface area (Å²) in [5, 5.41) is 3.42. The monoisotopic (exact) mass is 279 g/mol. The van der Waals surface area contributed by atoms with Gasteiger partial charge in [-0.05, 0) is 17.5 Å². The third kappa shape index (κ3) is 3.16. The minimum absolute atomic E-state index is 0.0227. The fraction of sp³-hybridized carbons (Fsp3) is 0.417. The lowest BCUT2D eigenvalue weighted by Crippen LogP contribution is -2.11. The summed E-state index contributed by atoms with van der Waals surface area (Å²) in [6.45, 7) is 3.71. The maximum atomic E-state index is 12.8. The van der Waals surface area contributed by atoms with Crippen LogP contribution in [0.1, 0.15) is 36.5 Å². The average Bonchev–Trinajstić information content (AvgIpc) is 2.25. The Morgan fingerprint density at radius 1 is 1.33 bits per heavy atom. The molecule has 0 saturated heterocycles. The maximum absolute atomic E-state index is 12.8. The molecule has 0 fully saturated rings. The van der Waals surface area contributed by atoms with E-state index in [2.05, 4.69) is 9.99 Å². The van der Waals surface area contributed by atoms with Crippen molar-refractivity contribution in [2.75, 3.05) is 7.11 Å². The summed E-state index contributed by atoms with van der Waals surface area (Å²) in [5.41, 5.74) is -0.350. The molecule has 2 nitrogen and oxygen atoms in total. The zero-order valence-corrected chi connectivity index (χ0v) is 10.9. The molecule has 0 saturated carbocycles. The van der Waals surface area contributed by atoms with Crippen LogP contribution in [0.15, 0.2) is 17.3 Å². The molecule has 0 heterocycles. The van der Waals surface area contributed by atoms with E-state index in [1.807, 2.05) is 13.8 Å². The van der Waals surface area contributed by atoms with Crippen LogP contribution in [-0.2, 0) is 11.0 Å². The molecule has 1 rings (SSSR count). The van der Waals surface area contributed by atoms with Gasteiger partial charge in [-0.15, -0.1) is 0 Å². The van der Waals surface area contributed by atoms with E-state index in [1.165, 1.54) is 13.2 Å². The number of hydrogen-bond donors (Lipinski definition) is 0. The van der Waals surface area contributed by atoms with Gasteiger partial charge in [-0.25, -0.2) is 0 Å². The van der Waals surface area contributed by atoms with Crippen LogP contribution < -0.4 is 0 Å². The molecule has 0 aromatic heterocycles. The van der Waals surface area contributed by atoms with Gasteiger partial charge in [0.25, 0.3) is 0 Å². The van der Waals surface area contributed by atoms with E-state index in [0.717, 1.165) is 12.3 Å². The molecule has 0 bridgehead atoms. The van der Waals surface area contributed by atoms with Gasteiger partial charge in [-0.2, -0.15) is 13.2 Å². The van der Waals surface area contributed by atoms with E-state index in [1.54, 1.807) is 0 Å². The van der Waals surface area contributed by atoms with E-state index < -0.39 is 11.7 Å². The molecule has 18 heavy (non-hydrogen) atoms. The van der Waals surface area contributed by atoms with Crippen molar-refractivity contribution < 1.29 is 18.0 Å². The van der Waals surface area contributed by atoms with Crippen LogP contribution in [0, 0.1) is 0 Å². The van der Waals surface area contributed by atoms with E-state index in [0.29, 0.717) is 5.56 Å². The first-order chi connectivity index (χ1) is 8.29. The zero-order chi connectivity index (χ0) is 13.9. The number of alkyl halides is 3. The Morgan fingerprint density at radius 2 is 1.94 bits per heavy atom. The second-order valence-corrected chi connectivity index (χ2v) is 4.38. The smallest absolute Gasteiger partial charge is 0.399 e. The first-order valence-electron chi connectivity index (χ1n) is 5.25. The Hall–Kier alpha value is -1.23. The molecule has 0 unspecified atom stereocenters. The van der Waals surface area contributed by atoms with Gasteiger partial charge in [-0.3, -0.25) is 0 Å². The predicted octanol–water partition coefficient (Wildman–Crippen LogP) is 4.46. The van der Waals surface area contributed by atoms with Gasteiger partial charge in [-0.1, -0.05) is 36.7 Å². The van der Waals surface area contributed by atoms with Crippen LogP contribution >= 0.6 is 11.6 Å². The Morgan fingerprint density at radius 3 is 2.39 bits per heavy atom. The fourth-order valence-electron chi connectivity index (χ4n) is 1.53. The molecule has 0 radical (unpaired) electrons. The minimum Gasteiger partial charge on any atom is -0.399 e. The molecular formula is C12H13ClF3NO. The highest BCUT2D eigenvalue weighted by Crippen LogP contribution is 2.37. The van der Waals surface area contributed by atoms with Crippen molar-refractivity contribution in [3.8, 4) is 0 Å². The summed E-state index contributed by atoms with van der Waals surface area (Å²) in [7, 11) is 1.25. The molecule has 0 amide bonds. The third-order valence-corrected chi connectivity index (χ3v) is 2.85. The summed E-state index contributed by atoms with van der Waals surface area (Å²) < 4.78 is 38.5. The van der Waals surface area contributed by atoms with Gasteiger partial charge in [0.15, 0.2) is 0 Å². The number of nitrogens with zero attached hydrogens (tertiary/aromatic N) is 1. The molecule has 1 aromatic rings. The quantitative estimate of drug-likeness (QED) is 0.591. The molecule has 0 spiro atoms. The van der Waals surface area contributed by atoms with Gasteiger partial charge in [0.1, 0.15) is 7.11 Å². The second kappa shape index (κ2) is 5.61. The molecular weight excluding hydrogens is 267 g/mol. The van der Waals surface area contributed by atoms with E-state index in [-0.39, 0.29) is 16.5 Å². The minimum atomic E-state index is -4.48. The van der Waals surface area contributed by atoms with E-state index in [4.69, 9.17) is 11.6 Å². The molecule has 1 aromatic carbocycles. The molecule has 0 N–H and O–H groups in total. The van der Waals surface area contributed by atoms with Gasteiger partial charge in [0.2, 0.25) is 0 Å². The summed E-state index contributed by atoms with van der Waals surface area (Å²) >= 11 is 6.00. The van der Waals surface area contributed by atoms with Crippen molar-refractivity contribution in [1.29, 1.82) is 0 Å². The lowest BCUT2D eigenvalue weighted by molar-refractivity contribution is -0.137. The molecule has 0 aliphatic carbocycles. The zero-order valence-electron chi connectivity index (χ0n) is 10.2. The van der Waals surface area contributed by atoms with Crippen LogP contribution in [0.4, 0.5) is 13.2 Å². The number of rotatable bonds is 3. The van der Waals surface area contributed by atoms with Crippen molar-refractivity contribution in [2.45, 2.75) is 25.9 Å². The largest absolute Gasteiger partial charge is 0.417 e. The van der Waals surface area contributed by atoms with E-state index in [9.17, 15) is 13.2 Å². The SMILES string of the molecule is CO/N=C/c1c(C(F)(F)F)ccc(C(C)C)c1Cl. The highest BCUT2D eigenvalue weighted by Gasteiger charge is 2.34. The summed E-state index contributed by atoms with van der Waals surface area (Å²) in [4.78, 5) is 4.41. The van der Waals surface area contributed by atoms with Gasteiger partial charge < -0.3 is 4.84 Å². The van der Waals surface area contributed by atoms with Crippen LogP contribution in [-0.4, -0.2) is 13.3 Å². The van der Waals surface area contributed by atoms with Gasteiger partial charge >= 0.3 is 6.18 Å². The maximum Gasteiger partial charge on any atom is 0.417 e. The highest BCUT2D eigenvalue weighted by atomic mass is 35.5. The fourth-order valence-corrected chi connectivity index (χ4v) is 1.97. The van der Waals surface area contributed by atoms with Crippen LogP contribution in [0.2, 0.25) is 5.02 Å². The summed E-state index contributed by atoms with van der Waals surface area (Å²) in [6.07, 6.45) is -3.49. The standard InChI is InChI=1S/C12H13ClF3NO/c1-7(2)8-4-5-10(12(14,15)16)9(11(8)13)6-17-18-3/h4-7H,1-3H3/b17-6+. The second-order valence-electron chi connectivity index (χ2n) is 4.00. The lowest BCUT2D eigenvalue weighted by Gasteiger charge is -2.16. The van der Waals surface area contributed by atoms with Gasteiger partial charge in [0.05, 0.1) is 16.8 Å².